The van der Waals surface area contributed by atoms with Crippen LogP contribution in [0.25, 0.3) is 5.82 Å². The number of fused-ring (bicyclic) bond motifs is 2. The predicted octanol–water partition coefficient (Wildman–Crippen LogP) is 5.85. The van der Waals surface area contributed by atoms with Gasteiger partial charge in [0.1, 0.15) is 5.03 Å². The molecular weight excluding hydrogens is 462 g/mol. The van der Waals surface area contributed by atoms with Crippen LogP contribution in [0.15, 0.2) is 75.5 Å². The number of thioether (sulfide) groups is 1. The Morgan fingerprint density at radius 1 is 1.00 bits per heavy atom. The van der Waals surface area contributed by atoms with E-state index < -0.39 is 0 Å². The molecule has 0 atom stereocenters. The minimum absolute atomic E-state index is 0.0457. The van der Waals surface area contributed by atoms with Crippen LogP contribution in [0.3, 0.4) is 0 Å². The normalized spacial score (nSPS) is 12.4. The van der Waals surface area contributed by atoms with E-state index in [9.17, 15) is 4.79 Å². The Morgan fingerprint density at radius 3 is 2.56 bits per heavy atom. The topological polar surface area (TPSA) is 63.9 Å². The maximum absolute atomic E-state index is 13.3. The van der Waals surface area contributed by atoms with E-state index in [1.807, 2.05) is 74.5 Å². The van der Waals surface area contributed by atoms with Crippen LogP contribution in [0.5, 0.6) is 0 Å². The average molecular weight is 480 g/mol. The van der Waals surface area contributed by atoms with Gasteiger partial charge in [0, 0.05) is 20.5 Å². The molecule has 32 heavy (non-hydrogen) atoms. The van der Waals surface area contributed by atoms with E-state index in [1.165, 1.54) is 11.8 Å². The summed E-state index contributed by atoms with van der Waals surface area (Å²) in [5, 5.41) is 14.3. The van der Waals surface area contributed by atoms with Crippen molar-refractivity contribution in [1.29, 1.82) is 0 Å². The molecule has 0 spiro atoms. The third-order valence-corrected chi connectivity index (χ3v) is 7.20. The molecule has 0 saturated heterocycles. The zero-order chi connectivity index (χ0) is 22.2. The zero-order valence-electron chi connectivity index (χ0n) is 17.3. The number of benzene rings is 2. The molecule has 5 rings (SSSR count). The highest BCUT2D eigenvalue weighted by atomic mass is 35.5. The van der Waals surface area contributed by atoms with Crippen molar-refractivity contribution in [1.82, 2.24) is 20.0 Å². The van der Waals surface area contributed by atoms with Crippen LogP contribution in [0.1, 0.15) is 11.4 Å². The van der Waals surface area contributed by atoms with Gasteiger partial charge in [0.15, 0.2) is 5.82 Å². The first-order valence-corrected chi connectivity index (χ1v) is 12.1. The molecule has 0 unspecified atom stereocenters. The molecule has 6 nitrogen and oxygen atoms in total. The van der Waals surface area contributed by atoms with E-state index in [1.54, 1.807) is 21.3 Å². The summed E-state index contributed by atoms with van der Waals surface area (Å²) >= 11 is 9.24. The number of nitrogens with zero attached hydrogens (tertiary/aromatic N) is 5. The number of aromatic nitrogens is 4. The molecule has 1 aliphatic rings. The van der Waals surface area contributed by atoms with Gasteiger partial charge in [-0.05, 0) is 62.4 Å². The number of halogens is 1. The summed E-state index contributed by atoms with van der Waals surface area (Å²) in [7, 11) is 0. The molecule has 0 bridgehead atoms. The summed E-state index contributed by atoms with van der Waals surface area (Å²) in [4.78, 5) is 17.1. The molecule has 1 amide bonds. The second-order valence-corrected chi connectivity index (χ2v) is 9.78. The quantitative estimate of drug-likeness (QED) is 0.342. The monoisotopic (exact) mass is 479 g/mol. The Labute approximate surface area is 199 Å². The molecular formula is C23H18ClN5OS2. The van der Waals surface area contributed by atoms with Gasteiger partial charge in [-0.25, -0.2) is 4.68 Å². The molecule has 2 aromatic heterocycles. The molecule has 0 fully saturated rings. The molecule has 2 aromatic carbocycles. The summed E-state index contributed by atoms with van der Waals surface area (Å²) in [6.45, 7) is 3.91. The van der Waals surface area contributed by atoms with Gasteiger partial charge in [-0.3, -0.25) is 9.69 Å². The Morgan fingerprint density at radius 2 is 1.81 bits per heavy atom. The van der Waals surface area contributed by atoms with Crippen LogP contribution in [0.2, 0.25) is 5.02 Å². The number of rotatable bonds is 4. The SMILES string of the molecule is Cc1cc(C)n(-c2ccc(SCC(=O)N3c4ccccc4Sc4ccc(Cl)cc43)nn2)n1. The fourth-order valence-electron chi connectivity index (χ4n) is 3.56. The van der Waals surface area contributed by atoms with E-state index in [2.05, 4.69) is 15.3 Å². The number of carbonyl (C=O) groups excluding carboxylic acids is 1. The van der Waals surface area contributed by atoms with Crippen LogP contribution in [0, 0.1) is 13.8 Å². The van der Waals surface area contributed by atoms with Crippen LogP contribution >= 0.6 is 35.1 Å². The van der Waals surface area contributed by atoms with Crippen LogP contribution in [-0.2, 0) is 4.79 Å². The molecule has 1 aliphatic heterocycles. The highest BCUT2D eigenvalue weighted by molar-refractivity contribution is 8.00. The number of carbonyl (C=O) groups is 1. The lowest BCUT2D eigenvalue weighted by Gasteiger charge is -2.31. The minimum atomic E-state index is -0.0457. The molecule has 0 N–H and O–H groups in total. The van der Waals surface area contributed by atoms with Gasteiger partial charge < -0.3 is 0 Å². The lowest BCUT2D eigenvalue weighted by atomic mass is 10.2. The number of anilines is 2. The van der Waals surface area contributed by atoms with Crippen molar-refractivity contribution >= 4 is 52.4 Å². The molecule has 4 aromatic rings. The summed E-state index contributed by atoms with van der Waals surface area (Å²) in [5.41, 5.74) is 3.58. The summed E-state index contributed by atoms with van der Waals surface area (Å²) < 4.78 is 1.75. The van der Waals surface area contributed by atoms with Crippen molar-refractivity contribution in [2.45, 2.75) is 28.7 Å². The van der Waals surface area contributed by atoms with Gasteiger partial charge in [0.25, 0.3) is 0 Å². The largest absolute Gasteiger partial charge is 0.278 e. The van der Waals surface area contributed by atoms with Crippen molar-refractivity contribution in [3.05, 3.63) is 77.1 Å². The first-order chi connectivity index (χ1) is 15.5. The molecule has 160 valence electrons. The second kappa shape index (κ2) is 8.61. The van der Waals surface area contributed by atoms with Crippen molar-refractivity contribution in [3.63, 3.8) is 0 Å². The van der Waals surface area contributed by atoms with E-state index in [0.717, 1.165) is 32.6 Å². The number of para-hydroxylation sites is 1. The van der Waals surface area contributed by atoms with E-state index in [0.29, 0.717) is 15.9 Å². The third-order valence-electron chi connectivity index (χ3n) is 4.93. The van der Waals surface area contributed by atoms with Crippen molar-refractivity contribution in [2.24, 2.45) is 0 Å². The summed E-state index contributed by atoms with van der Waals surface area (Å²) in [6, 6.07) is 19.2. The van der Waals surface area contributed by atoms with E-state index in [4.69, 9.17) is 11.6 Å². The van der Waals surface area contributed by atoms with Gasteiger partial charge in [0.2, 0.25) is 5.91 Å². The maximum Gasteiger partial charge on any atom is 0.242 e. The van der Waals surface area contributed by atoms with E-state index >= 15 is 0 Å². The Balaban J connectivity index is 1.37. The lowest BCUT2D eigenvalue weighted by molar-refractivity contribution is -0.115. The number of amides is 1. The van der Waals surface area contributed by atoms with Crippen molar-refractivity contribution in [2.75, 3.05) is 10.7 Å². The molecule has 0 saturated carbocycles. The highest BCUT2D eigenvalue weighted by Crippen LogP contribution is 2.49. The highest BCUT2D eigenvalue weighted by Gasteiger charge is 2.28. The van der Waals surface area contributed by atoms with E-state index in [-0.39, 0.29) is 11.7 Å². The van der Waals surface area contributed by atoms with Crippen molar-refractivity contribution in [3.8, 4) is 5.82 Å². The van der Waals surface area contributed by atoms with Crippen LogP contribution in [-0.4, -0.2) is 31.6 Å². The standard InChI is InChI=1S/C23H18ClN5OS2/c1-14-11-15(2)29(27-14)21-9-10-22(26-25-21)31-13-23(30)28-17-5-3-4-6-19(17)32-20-8-7-16(24)12-18(20)28/h3-12H,13H2,1-2H3. The van der Waals surface area contributed by atoms with Gasteiger partial charge in [0.05, 0.1) is 22.8 Å². The Hall–Kier alpha value is -2.81. The van der Waals surface area contributed by atoms with Gasteiger partial charge in [-0.1, -0.05) is 47.3 Å². The Bertz CT molecular complexity index is 1320. The summed E-state index contributed by atoms with van der Waals surface area (Å²) in [5.74, 6) is 0.825. The van der Waals surface area contributed by atoms with Gasteiger partial charge in [-0.2, -0.15) is 5.10 Å². The van der Waals surface area contributed by atoms with Gasteiger partial charge >= 0.3 is 0 Å². The maximum atomic E-state index is 13.3. The number of aryl methyl sites for hydroxylation is 2. The van der Waals surface area contributed by atoms with Crippen molar-refractivity contribution < 1.29 is 4.79 Å². The lowest BCUT2D eigenvalue weighted by Crippen LogP contribution is -2.30. The fraction of sp³-hybridized carbons (Fsp3) is 0.130. The summed E-state index contributed by atoms with van der Waals surface area (Å²) in [6.07, 6.45) is 0. The van der Waals surface area contributed by atoms with Crippen LogP contribution in [0.4, 0.5) is 11.4 Å². The first-order valence-electron chi connectivity index (χ1n) is 9.89. The zero-order valence-corrected chi connectivity index (χ0v) is 19.7. The average Bonchev–Trinajstić information content (AvgIpc) is 3.14. The minimum Gasteiger partial charge on any atom is -0.278 e. The second-order valence-electron chi connectivity index (χ2n) is 7.27. The molecule has 0 aliphatic carbocycles. The van der Waals surface area contributed by atoms with Gasteiger partial charge in [-0.15, -0.1) is 10.2 Å². The third kappa shape index (κ3) is 4.01. The molecule has 9 heteroatoms. The number of hydrogen-bond acceptors (Lipinski definition) is 6. The first kappa shape index (κ1) is 21.1. The fourth-order valence-corrected chi connectivity index (χ4v) is 5.43. The smallest absolute Gasteiger partial charge is 0.242 e. The predicted molar refractivity (Wildman–Crippen MR) is 129 cm³/mol. The van der Waals surface area contributed by atoms with Crippen LogP contribution < -0.4 is 4.90 Å². The Kier molecular flexibility index (Phi) is 5.67. The number of hydrogen-bond donors (Lipinski definition) is 0. The molecule has 0 radical (unpaired) electrons. The molecule has 3 heterocycles.